The highest BCUT2D eigenvalue weighted by molar-refractivity contribution is 9.10. The van der Waals surface area contributed by atoms with E-state index in [1.54, 1.807) is 6.07 Å². The molecule has 2 nitrogen and oxygen atoms in total. The van der Waals surface area contributed by atoms with Gasteiger partial charge in [0.2, 0.25) is 0 Å². The maximum atomic E-state index is 13.8. The van der Waals surface area contributed by atoms with Crippen molar-refractivity contribution in [3.05, 3.63) is 63.9 Å². The Hall–Kier alpha value is -1.39. The van der Waals surface area contributed by atoms with Crippen LogP contribution in [-0.4, -0.2) is 13.2 Å². The van der Waals surface area contributed by atoms with Crippen LogP contribution < -0.4 is 5.32 Å². The first kappa shape index (κ1) is 13.6. The summed E-state index contributed by atoms with van der Waals surface area (Å²) in [6, 6.07) is 13.3. The van der Waals surface area contributed by atoms with Gasteiger partial charge in [-0.25, -0.2) is 4.39 Å². The monoisotopic (exact) mass is 335 g/mol. The molecule has 0 saturated carbocycles. The molecule has 4 heteroatoms. The fourth-order valence-electron chi connectivity index (χ4n) is 2.48. The van der Waals surface area contributed by atoms with Crippen LogP contribution in [0.2, 0.25) is 0 Å². The standard InChI is InChI=1S/C16H15BrFNO/c17-12-5-6-15(14(18)9-12)19-10-16-13-4-2-1-3-11(13)7-8-20-16/h1-6,9,16,19H,7-8,10H2. The van der Waals surface area contributed by atoms with Gasteiger partial charge in [0.15, 0.2) is 0 Å². The summed E-state index contributed by atoms with van der Waals surface area (Å²) >= 11 is 3.25. The summed E-state index contributed by atoms with van der Waals surface area (Å²) in [5, 5.41) is 3.13. The third-order valence-electron chi connectivity index (χ3n) is 3.50. The Bertz CT molecular complexity index is 617. The second-order valence-electron chi connectivity index (χ2n) is 4.81. The highest BCUT2D eigenvalue weighted by Gasteiger charge is 2.20. The van der Waals surface area contributed by atoms with E-state index in [1.165, 1.54) is 17.2 Å². The third-order valence-corrected chi connectivity index (χ3v) is 3.99. The fraction of sp³-hybridized carbons (Fsp3) is 0.250. The Morgan fingerprint density at radius 2 is 2.10 bits per heavy atom. The molecule has 2 aromatic carbocycles. The van der Waals surface area contributed by atoms with Crippen LogP contribution in [-0.2, 0) is 11.2 Å². The Kier molecular flexibility index (Phi) is 4.03. The molecule has 0 aliphatic carbocycles. The molecule has 1 atom stereocenters. The van der Waals surface area contributed by atoms with Gasteiger partial charge in [-0.2, -0.15) is 0 Å². The Balaban J connectivity index is 1.73. The molecule has 3 rings (SSSR count). The number of anilines is 1. The number of hydrogen-bond donors (Lipinski definition) is 1. The SMILES string of the molecule is Fc1cc(Br)ccc1NCC1OCCc2ccccc21. The molecule has 1 aliphatic heterocycles. The predicted octanol–water partition coefficient (Wildman–Crippen LogP) is 4.31. The van der Waals surface area contributed by atoms with Gasteiger partial charge in [-0.15, -0.1) is 0 Å². The molecule has 1 N–H and O–H groups in total. The van der Waals surface area contributed by atoms with Crippen LogP contribution in [0, 0.1) is 5.82 Å². The molecular weight excluding hydrogens is 321 g/mol. The van der Waals surface area contributed by atoms with Crippen molar-refractivity contribution >= 4 is 21.6 Å². The summed E-state index contributed by atoms with van der Waals surface area (Å²) in [6.45, 7) is 1.28. The van der Waals surface area contributed by atoms with Gasteiger partial charge < -0.3 is 10.1 Å². The van der Waals surface area contributed by atoms with Crippen molar-refractivity contribution < 1.29 is 9.13 Å². The molecular formula is C16H15BrFNO. The summed E-state index contributed by atoms with van der Waals surface area (Å²) < 4.78 is 20.3. The molecule has 1 unspecified atom stereocenters. The van der Waals surface area contributed by atoms with E-state index in [4.69, 9.17) is 4.74 Å². The Morgan fingerprint density at radius 1 is 1.25 bits per heavy atom. The van der Waals surface area contributed by atoms with Crippen LogP contribution in [0.15, 0.2) is 46.9 Å². The molecule has 0 radical (unpaired) electrons. The quantitative estimate of drug-likeness (QED) is 0.902. The normalized spacial score (nSPS) is 17.6. The van der Waals surface area contributed by atoms with E-state index >= 15 is 0 Å². The minimum atomic E-state index is -0.261. The maximum absolute atomic E-state index is 13.8. The highest BCUT2D eigenvalue weighted by atomic mass is 79.9. The van der Waals surface area contributed by atoms with Gasteiger partial charge in [0.25, 0.3) is 0 Å². The lowest BCUT2D eigenvalue weighted by Crippen LogP contribution is -2.23. The van der Waals surface area contributed by atoms with Crippen molar-refractivity contribution in [1.29, 1.82) is 0 Å². The Morgan fingerprint density at radius 3 is 2.95 bits per heavy atom. The number of hydrogen-bond acceptors (Lipinski definition) is 2. The zero-order valence-corrected chi connectivity index (χ0v) is 12.5. The van der Waals surface area contributed by atoms with E-state index in [2.05, 4.69) is 33.4 Å². The van der Waals surface area contributed by atoms with Crippen LogP contribution in [0.3, 0.4) is 0 Å². The van der Waals surface area contributed by atoms with Gasteiger partial charge in [-0.3, -0.25) is 0 Å². The molecule has 0 aromatic heterocycles. The second kappa shape index (κ2) is 5.94. The average Bonchev–Trinajstić information content (AvgIpc) is 2.46. The highest BCUT2D eigenvalue weighted by Crippen LogP contribution is 2.28. The van der Waals surface area contributed by atoms with Crippen LogP contribution in [0.25, 0.3) is 0 Å². The number of benzene rings is 2. The number of nitrogens with one attached hydrogen (secondary N) is 1. The summed E-state index contributed by atoms with van der Waals surface area (Å²) in [5.74, 6) is -0.261. The molecule has 1 heterocycles. The molecule has 0 amide bonds. The van der Waals surface area contributed by atoms with E-state index in [0.717, 1.165) is 10.9 Å². The van der Waals surface area contributed by atoms with Crippen molar-refractivity contribution in [3.8, 4) is 0 Å². The molecule has 2 aromatic rings. The van der Waals surface area contributed by atoms with Gasteiger partial charge in [0.05, 0.1) is 18.4 Å². The van der Waals surface area contributed by atoms with Crippen molar-refractivity contribution in [2.75, 3.05) is 18.5 Å². The molecule has 0 bridgehead atoms. The first-order valence-electron chi connectivity index (χ1n) is 6.62. The summed E-state index contributed by atoms with van der Waals surface area (Å²) in [7, 11) is 0. The second-order valence-corrected chi connectivity index (χ2v) is 5.73. The largest absolute Gasteiger partial charge is 0.380 e. The van der Waals surface area contributed by atoms with E-state index < -0.39 is 0 Å². The molecule has 0 spiro atoms. The minimum Gasteiger partial charge on any atom is -0.380 e. The first-order valence-corrected chi connectivity index (χ1v) is 7.41. The number of rotatable bonds is 3. The topological polar surface area (TPSA) is 21.3 Å². The number of fused-ring (bicyclic) bond motifs is 1. The van der Waals surface area contributed by atoms with Crippen molar-refractivity contribution in [3.63, 3.8) is 0 Å². The van der Waals surface area contributed by atoms with Crippen LogP contribution in [0.1, 0.15) is 17.2 Å². The van der Waals surface area contributed by atoms with Crippen LogP contribution in [0.4, 0.5) is 10.1 Å². The van der Waals surface area contributed by atoms with Gasteiger partial charge in [0, 0.05) is 11.0 Å². The lowest BCUT2D eigenvalue weighted by atomic mass is 9.97. The number of halogens is 2. The summed E-state index contributed by atoms with van der Waals surface area (Å²) in [4.78, 5) is 0. The predicted molar refractivity (Wildman–Crippen MR) is 81.4 cm³/mol. The van der Waals surface area contributed by atoms with E-state index in [-0.39, 0.29) is 11.9 Å². The molecule has 1 aliphatic rings. The van der Waals surface area contributed by atoms with Gasteiger partial charge in [0.1, 0.15) is 5.82 Å². The smallest absolute Gasteiger partial charge is 0.147 e. The molecule has 0 saturated heterocycles. The Labute approximate surface area is 126 Å². The van der Waals surface area contributed by atoms with Crippen LogP contribution >= 0.6 is 15.9 Å². The van der Waals surface area contributed by atoms with Gasteiger partial charge in [-0.1, -0.05) is 40.2 Å². The van der Waals surface area contributed by atoms with Gasteiger partial charge >= 0.3 is 0 Å². The van der Waals surface area contributed by atoms with Crippen molar-refractivity contribution in [2.24, 2.45) is 0 Å². The zero-order valence-electron chi connectivity index (χ0n) is 10.9. The van der Waals surface area contributed by atoms with E-state index in [0.29, 0.717) is 18.8 Å². The van der Waals surface area contributed by atoms with E-state index in [9.17, 15) is 4.39 Å². The minimum absolute atomic E-state index is 0.0250. The number of ether oxygens (including phenoxy) is 1. The first-order chi connectivity index (χ1) is 9.74. The maximum Gasteiger partial charge on any atom is 0.147 e. The zero-order chi connectivity index (χ0) is 13.9. The lowest BCUT2D eigenvalue weighted by molar-refractivity contribution is 0.0513. The van der Waals surface area contributed by atoms with E-state index in [1.807, 2.05) is 18.2 Å². The molecule has 0 fully saturated rings. The average molecular weight is 336 g/mol. The third kappa shape index (κ3) is 2.86. The molecule has 20 heavy (non-hydrogen) atoms. The lowest BCUT2D eigenvalue weighted by Gasteiger charge is -2.26. The van der Waals surface area contributed by atoms with Crippen molar-refractivity contribution in [2.45, 2.75) is 12.5 Å². The van der Waals surface area contributed by atoms with Crippen molar-refractivity contribution in [1.82, 2.24) is 0 Å². The molecule has 104 valence electrons. The fourth-order valence-corrected chi connectivity index (χ4v) is 2.81. The summed E-state index contributed by atoms with van der Waals surface area (Å²) in [6.07, 6.45) is 0.919. The van der Waals surface area contributed by atoms with Crippen LogP contribution in [0.5, 0.6) is 0 Å². The van der Waals surface area contributed by atoms with Gasteiger partial charge in [-0.05, 0) is 35.7 Å². The summed E-state index contributed by atoms with van der Waals surface area (Å²) in [5.41, 5.74) is 3.02.